The van der Waals surface area contributed by atoms with Crippen LogP contribution in [0.15, 0.2) is 0 Å². The van der Waals surface area contributed by atoms with E-state index >= 15 is 0 Å². The summed E-state index contributed by atoms with van der Waals surface area (Å²) in [7, 11) is 0. The summed E-state index contributed by atoms with van der Waals surface area (Å²) in [6, 6.07) is 0. The van der Waals surface area contributed by atoms with E-state index < -0.39 is 0 Å². The Hall–Kier alpha value is -0.990. The lowest BCUT2D eigenvalue weighted by molar-refractivity contribution is 0.637. The van der Waals surface area contributed by atoms with Gasteiger partial charge in [-0.2, -0.15) is 5.10 Å². The third-order valence-corrected chi connectivity index (χ3v) is 2.63. The van der Waals surface area contributed by atoms with Gasteiger partial charge >= 0.3 is 0 Å². The number of unbranched alkanes of at least 4 members (excludes halogenated alkanes) is 2. The Kier molecular flexibility index (Phi) is 4.66. The molecular formula is C12H23N3. The molecule has 0 amide bonds. The predicted molar refractivity (Wildman–Crippen MR) is 64.8 cm³/mol. The number of hydrogen-bond donors (Lipinski definition) is 2. The maximum atomic E-state index is 5.85. The molecule has 0 aromatic carbocycles. The molecule has 1 aromatic rings. The highest BCUT2D eigenvalue weighted by atomic mass is 15.2. The molecule has 0 saturated heterocycles. The quantitative estimate of drug-likeness (QED) is 0.708. The Morgan fingerprint density at radius 1 is 1.33 bits per heavy atom. The topological polar surface area (TPSA) is 54.7 Å². The van der Waals surface area contributed by atoms with Crippen LogP contribution in [-0.2, 0) is 12.8 Å². The van der Waals surface area contributed by atoms with Crippen LogP contribution in [0.4, 0.5) is 5.82 Å². The Morgan fingerprint density at radius 2 is 2.07 bits per heavy atom. The van der Waals surface area contributed by atoms with Crippen LogP contribution in [0.1, 0.15) is 51.3 Å². The van der Waals surface area contributed by atoms with Crippen LogP contribution in [0.3, 0.4) is 0 Å². The number of nitrogens with two attached hydrogens (primary N) is 1. The van der Waals surface area contributed by atoms with Gasteiger partial charge < -0.3 is 5.73 Å². The van der Waals surface area contributed by atoms with Crippen molar-refractivity contribution in [1.82, 2.24) is 10.2 Å². The molecule has 0 bridgehead atoms. The second-order valence-electron chi connectivity index (χ2n) is 4.62. The minimum Gasteiger partial charge on any atom is -0.382 e. The normalized spacial score (nSPS) is 11.2. The van der Waals surface area contributed by atoms with Crippen LogP contribution < -0.4 is 5.73 Å². The van der Waals surface area contributed by atoms with Crippen molar-refractivity contribution in [3.63, 3.8) is 0 Å². The average Bonchev–Trinajstić information content (AvgIpc) is 2.49. The Balaban J connectivity index is 2.62. The van der Waals surface area contributed by atoms with Gasteiger partial charge in [0, 0.05) is 11.3 Å². The molecule has 1 aromatic heterocycles. The van der Waals surface area contributed by atoms with Gasteiger partial charge in [-0.15, -0.1) is 0 Å². The predicted octanol–water partition coefficient (Wildman–Crippen LogP) is 2.92. The molecule has 0 fully saturated rings. The summed E-state index contributed by atoms with van der Waals surface area (Å²) < 4.78 is 0. The minimum absolute atomic E-state index is 0.634. The zero-order valence-corrected chi connectivity index (χ0v) is 10.1. The summed E-state index contributed by atoms with van der Waals surface area (Å²) in [5.41, 5.74) is 8.33. The molecule has 15 heavy (non-hydrogen) atoms. The first-order valence-corrected chi connectivity index (χ1v) is 5.96. The van der Waals surface area contributed by atoms with Gasteiger partial charge in [-0.1, -0.05) is 33.6 Å². The molecule has 3 N–H and O–H groups in total. The molecule has 1 rings (SSSR count). The second kappa shape index (κ2) is 5.79. The van der Waals surface area contributed by atoms with Gasteiger partial charge in [-0.25, -0.2) is 0 Å². The molecule has 1 heterocycles. The minimum atomic E-state index is 0.634. The number of nitrogens with one attached hydrogen (secondary N) is 1. The van der Waals surface area contributed by atoms with Crippen molar-refractivity contribution < 1.29 is 0 Å². The number of aryl methyl sites for hydroxylation is 1. The first-order valence-electron chi connectivity index (χ1n) is 5.96. The fraction of sp³-hybridized carbons (Fsp3) is 0.750. The molecule has 0 radical (unpaired) electrons. The summed E-state index contributed by atoms with van der Waals surface area (Å²) in [5.74, 6) is 1.32. The monoisotopic (exact) mass is 209 g/mol. The highest BCUT2D eigenvalue weighted by molar-refractivity contribution is 5.42. The van der Waals surface area contributed by atoms with Gasteiger partial charge in [0.05, 0.1) is 0 Å². The van der Waals surface area contributed by atoms with Crippen molar-refractivity contribution in [1.29, 1.82) is 0 Å². The molecule has 3 nitrogen and oxygen atoms in total. The van der Waals surface area contributed by atoms with Crippen LogP contribution >= 0.6 is 0 Å². The molecule has 0 aliphatic rings. The van der Waals surface area contributed by atoms with Crippen LogP contribution in [0.25, 0.3) is 0 Å². The summed E-state index contributed by atoms with van der Waals surface area (Å²) in [6.07, 6.45) is 5.87. The summed E-state index contributed by atoms with van der Waals surface area (Å²) >= 11 is 0. The van der Waals surface area contributed by atoms with Crippen molar-refractivity contribution in [2.24, 2.45) is 5.92 Å². The smallest absolute Gasteiger partial charge is 0.148 e. The first-order chi connectivity index (χ1) is 7.15. The van der Waals surface area contributed by atoms with E-state index in [1.807, 2.05) is 0 Å². The maximum Gasteiger partial charge on any atom is 0.148 e. The molecule has 86 valence electrons. The molecule has 0 aliphatic carbocycles. The highest BCUT2D eigenvalue weighted by Crippen LogP contribution is 2.19. The van der Waals surface area contributed by atoms with Crippen molar-refractivity contribution in [3.8, 4) is 0 Å². The molecular weight excluding hydrogens is 186 g/mol. The lowest BCUT2D eigenvalue weighted by Gasteiger charge is -2.06. The van der Waals surface area contributed by atoms with Crippen molar-refractivity contribution in [3.05, 3.63) is 11.3 Å². The summed E-state index contributed by atoms with van der Waals surface area (Å²) in [5, 5.41) is 7.16. The van der Waals surface area contributed by atoms with Gasteiger partial charge in [-0.3, -0.25) is 5.10 Å². The number of anilines is 1. The van der Waals surface area contributed by atoms with Crippen LogP contribution in [0.5, 0.6) is 0 Å². The number of hydrogen-bond acceptors (Lipinski definition) is 2. The van der Waals surface area contributed by atoms with E-state index in [0.29, 0.717) is 11.7 Å². The number of H-pyrrole nitrogens is 1. The summed E-state index contributed by atoms with van der Waals surface area (Å²) in [4.78, 5) is 0. The first kappa shape index (κ1) is 12.1. The molecule has 0 atom stereocenters. The number of nitrogen functional groups attached to an aromatic ring is 1. The van der Waals surface area contributed by atoms with E-state index in [1.165, 1.54) is 30.5 Å². The van der Waals surface area contributed by atoms with Crippen LogP contribution in [0, 0.1) is 5.92 Å². The van der Waals surface area contributed by atoms with Crippen LogP contribution in [-0.4, -0.2) is 10.2 Å². The number of aromatic nitrogens is 2. The third kappa shape index (κ3) is 3.57. The molecule has 0 unspecified atom stereocenters. The number of nitrogens with zero attached hydrogens (tertiary/aromatic N) is 1. The lowest BCUT2D eigenvalue weighted by Crippen LogP contribution is -2.01. The van der Waals surface area contributed by atoms with E-state index in [9.17, 15) is 0 Å². The van der Waals surface area contributed by atoms with E-state index in [2.05, 4.69) is 31.0 Å². The fourth-order valence-electron chi connectivity index (χ4n) is 1.81. The van der Waals surface area contributed by atoms with Crippen molar-refractivity contribution in [2.45, 2.75) is 52.9 Å². The summed E-state index contributed by atoms with van der Waals surface area (Å²) in [6.45, 7) is 6.64. The second-order valence-corrected chi connectivity index (χ2v) is 4.62. The van der Waals surface area contributed by atoms with Gasteiger partial charge in [-0.05, 0) is 25.2 Å². The van der Waals surface area contributed by atoms with Crippen molar-refractivity contribution >= 4 is 5.82 Å². The Bertz CT molecular complexity index is 289. The van der Waals surface area contributed by atoms with E-state index in [-0.39, 0.29) is 0 Å². The SMILES string of the molecule is CCCCCc1[nH]nc(N)c1CC(C)C. The van der Waals surface area contributed by atoms with E-state index in [4.69, 9.17) is 5.73 Å². The van der Waals surface area contributed by atoms with Gasteiger partial charge in [0.1, 0.15) is 5.82 Å². The molecule has 0 spiro atoms. The van der Waals surface area contributed by atoms with Gasteiger partial charge in [0.25, 0.3) is 0 Å². The Labute approximate surface area is 92.5 Å². The number of aromatic amines is 1. The highest BCUT2D eigenvalue weighted by Gasteiger charge is 2.11. The zero-order chi connectivity index (χ0) is 11.3. The lowest BCUT2D eigenvalue weighted by atomic mass is 10.00. The maximum absolute atomic E-state index is 5.85. The molecule has 0 saturated carbocycles. The molecule has 0 aliphatic heterocycles. The van der Waals surface area contributed by atoms with E-state index in [1.54, 1.807) is 0 Å². The largest absolute Gasteiger partial charge is 0.382 e. The fourth-order valence-corrected chi connectivity index (χ4v) is 1.81. The van der Waals surface area contributed by atoms with E-state index in [0.717, 1.165) is 12.8 Å². The van der Waals surface area contributed by atoms with Crippen LogP contribution in [0.2, 0.25) is 0 Å². The Morgan fingerprint density at radius 3 is 2.67 bits per heavy atom. The molecule has 3 heteroatoms. The van der Waals surface area contributed by atoms with Gasteiger partial charge in [0.15, 0.2) is 0 Å². The standard InChI is InChI=1S/C12H23N3/c1-4-5-6-7-11-10(8-9(2)3)12(13)15-14-11/h9H,4-8H2,1-3H3,(H3,13,14,15). The zero-order valence-electron chi connectivity index (χ0n) is 10.1. The third-order valence-electron chi connectivity index (χ3n) is 2.63. The number of rotatable bonds is 6. The average molecular weight is 209 g/mol. The van der Waals surface area contributed by atoms with Gasteiger partial charge in [0.2, 0.25) is 0 Å². The van der Waals surface area contributed by atoms with Crippen molar-refractivity contribution in [2.75, 3.05) is 5.73 Å².